The molecule has 3 aromatic carbocycles. The number of carbonyl (C=O) groups is 1. The first-order valence-corrected chi connectivity index (χ1v) is 12.0. The maximum atomic E-state index is 13.3. The van der Waals surface area contributed by atoms with Crippen molar-refractivity contribution in [1.29, 1.82) is 0 Å². The Kier molecular flexibility index (Phi) is 8.25. The van der Waals surface area contributed by atoms with E-state index in [1.165, 1.54) is 18.2 Å². The molecule has 1 N–H and O–H groups in total. The molecule has 0 atom stereocenters. The first-order chi connectivity index (χ1) is 17.8. The largest absolute Gasteiger partial charge is 0.496 e. The summed E-state index contributed by atoms with van der Waals surface area (Å²) >= 11 is 6.13. The Bertz CT molecular complexity index is 1430. The molecule has 1 heterocycles. The van der Waals surface area contributed by atoms with Gasteiger partial charge in [-0.3, -0.25) is 9.48 Å². The first-order valence-electron chi connectivity index (χ1n) is 11.6. The van der Waals surface area contributed by atoms with Crippen molar-refractivity contribution >= 4 is 29.4 Å². The molecular formula is C29H27ClFN3O3. The van der Waals surface area contributed by atoms with E-state index in [4.69, 9.17) is 21.1 Å². The van der Waals surface area contributed by atoms with Gasteiger partial charge in [-0.15, -0.1) is 0 Å². The lowest BCUT2D eigenvalue weighted by molar-refractivity contribution is -0.111. The maximum Gasteiger partial charge on any atom is 0.249 e. The Morgan fingerprint density at radius 1 is 1.05 bits per heavy atom. The molecule has 4 aromatic rings. The van der Waals surface area contributed by atoms with Gasteiger partial charge in [0.2, 0.25) is 5.91 Å². The molecule has 4 rings (SSSR count). The number of aromatic nitrogens is 2. The molecule has 6 nitrogen and oxygen atoms in total. The van der Waals surface area contributed by atoms with Crippen molar-refractivity contribution in [3.8, 4) is 11.5 Å². The Labute approximate surface area is 220 Å². The van der Waals surface area contributed by atoms with Crippen molar-refractivity contribution in [2.45, 2.75) is 27.0 Å². The molecule has 0 aliphatic rings. The second-order valence-corrected chi connectivity index (χ2v) is 8.97. The lowest BCUT2D eigenvalue weighted by atomic mass is 10.1. The number of methoxy groups -OCH3 is 1. The minimum absolute atomic E-state index is 0.322. The molecule has 8 heteroatoms. The van der Waals surface area contributed by atoms with E-state index in [9.17, 15) is 9.18 Å². The molecule has 0 saturated heterocycles. The summed E-state index contributed by atoms with van der Waals surface area (Å²) in [7, 11) is 1.61. The van der Waals surface area contributed by atoms with Crippen LogP contribution in [0.2, 0.25) is 5.02 Å². The second kappa shape index (κ2) is 11.8. The lowest BCUT2D eigenvalue weighted by Gasteiger charge is -2.11. The van der Waals surface area contributed by atoms with E-state index in [-0.39, 0.29) is 5.91 Å². The molecule has 0 bridgehead atoms. The van der Waals surface area contributed by atoms with E-state index in [1.54, 1.807) is 30.0 Å². The molecule has 0 radical (unpaired) electrons. The number of ether oxygens (including phenoxy) is 2. The van der Waals surface area contributed by atoms with Crippen LogP contribution in [0.4, 0.5) is 10.2 Å². The van der Waals surface area contributed by atoms with Gasteiger partial charge in [0, 0.05) is 28.4 Å². The van der Waals surface area contributed by atoms with Crippen LogP contribution in [0.1, 0.15) is 27.9 Å². The summed E-state index contributed by atoms with van der Waals surface area (Å²) in [6.07, 6.45) is 3.16. The summed E-state index contributed by atoms with van der Waals surface area (Å²) in [4.78, 5) is 12.5. The number of anilines is 1. The molecule has 0 spiro atoms. The predicted octanol–water partition coefficient (Wildman–Crippen LogP) is 6.58. The van der Waals surface area contributed by atoms with Gasteiger partial charge in [-0.1, -0.05) is 41.4 Å². The van der Waals surface area contributed by atoms with Gasteiger partial charge < -0.3 is 14.8 Å². The van der Waals surface area contributed by atoms with Crippen molar-refractivity contribution in [3.05, 3.63) is 112 Å². The quantitative estimate of drug-likeness (QED) is 0.254. The fraction of sp³-hybridized carbons (Fsp3) is 0.172. The van der Waals surface area contributed by atoms with E-state index < -0.39 is 5.82 Å². The minimum atomic E-state index is -0.395. The highest BCUT2D eigenvalue weighted by atomic mass is 35.5. The van der Waals surface area contributed by atoms with Gasteiger partial charge in [-0.25, -0.2) is 4.39 Å². The van der Waals surface area contributed by atoms with Crippen molar-refractivity contribution in [2.75, 3.05) is 12.4 Å². The van der Waals surface area contributed by atoms with E-state index >= 15 is 0 Å². The fourth-order valence-corrected chi connectivity index (χ4v) is 3.92. The van der Waals surface area contributed by atoms with Crippen LogP contribution in [0.25, 0.3) is 6.08 Å². The molecule has 0 unspecified atom stereocenters. The number of carbonyl (C=O) groups excluding carboxylic acids is 1. The minimum Gasteiger partial charge on any atom is -0.496 e. The van der Waals surface area contributed by atoms with Gasteiger partial charge in [0.15, 0.2) is 5.82 Å². The highest BCUT2D eigenvalue weighted by Gasteiger charge is 2.10. The normalized spacial score (nSPS) is 11.1. The lowest BCUT2D eigenvalue weighted by Crippen LogP contribution is -2.10. The monoisotopic (exact) mass is 519 g/mol. The topological polar surface area (TPSA) is 65.4 Å². The highest BCUT2D eigenvalue weighted by molar-refractivity contribution is 6.31. The van der Waals surface area contributed by atoms with E-state index in [1.807, 2.05) is 56.3 Å². The zero-order valence-corrected chi connectivity index (χ0v) is 21.6. The number of nitrogens with one attached hydrogen (secondary N) is 1. The maximum absolute atomic E-state index is 13.3. The summed E-state index contributed by atoms with van der Waals surface area (Å²) in [6.45, 7) is 4.58. The standard InChI is InChI=1S/C29H27ClFN3O3/c1-19-4-10-25(11-5-19)37-18-23-15-21(6-12-27(23)36-3)7-13-29(35)32-28-14-20(2)34(33-28)17-22-8-9-24(31)16-26(22)30/h4-16H,17-18H2,1-3H3,(H,32,33,35)/b13-7+. The van der Waals surface area contributed by atoms with Crippen LogP contribution in [-0.4, -0.2) is 22.8 Å². The molecule has 0 saturated carbocycles. The molecule has 1 aromatic heterocycles. The summed E-state index contributed by atoms with van der Waals surface area (Å²) in [5.74, 6) is 1.17. The molecule has 190 valence electrons. The average Bonchev–Trinajstić information content (AvgIpc) is 3.22. The fourth-order valence-electron chi connectivity index (χ4n) is 3.69. The number of benzene rings is 3. The Morgan fingerprint density at radius 2 is 1.84 bits per heavy atom. The van der Waals surface area contributed by atoms with Gasteiger partial charge in [0.05, 0.1) is 13.7 Å². The van der Waals surface area contributed by atoms with E-state index in [0.29, 0.717) is 29.7 Å². The number of hydrogen-bond donors (Lipinski definition) is 1. The first kappa shape index (κ1) is 26.0. The smallest absolute Gasteiger partial charge is 0.249 e. The second-order valence-electron chi connectivity index (χ2n) is 8.56. The van der Waals surface area contributed by atoms with Crippen LogP contribution >= 0.6 is 11.6 Å². The Hall–Kier alpha value is -4.10. The molecule has 0 aliphatic carbocycles. The summed E-state index contributed by atoms with van der Waals surface area (Å²) in [5, 5.41) is 7.52. The molecule has 0 fully saturated rings. The van der Waals surface area contributed by atoms with Gasteiger partial charge in [0.25, 0.3) is 0 Å². The SMILES string of the molecule is COc1ccc(/C=C/C(=O)Nc2cc(C)n(Cc3ccc(F)cc3Cl)n2)cc1COc1ccc(C)cc1. The van der Waals surface area contributed by atoms with Crippen molar-refractivity contribution < 1.29 is 18.7 Å². The van der Waals surface area contributed by atoms with Gasteiger partial charge in [-0.2, -0.15) is 5.10 Å². The van der Waals surface area contributed by atoms with Crippen LogP contribution in [0.15, 0.2) is 72.8 Å². The zero-order valence-electron chi connectivity index (χ0n) is 20.8. The number of amides is 1. The highest BCUT2D eigenvalue weighted by Crippen LogP contribution is 2.24. The molecule has 0 aliphatic heterocycles. The molecule has 37 heavy (non-hydrogen) atoms. The number of halogens is 2. The third-order valence-electron chi connectivity index (χ3n) is 5.71. The van der Waals surface area contributed by atoms with Gasteiger partial charge in [-0.05, 0) is 67.4 Å². The third-order valence-corrected chi connectivity index (χ3v) is 6.07. The van der Waals surface area contributed by atoms with E-state index in [0.717, 1.165) is 33.7 Å². The van der Waals surface area contributed by atoms with Crippen LogP contribution in [0.3, 0.4) is 0 Å². The molecular weight excluding hydrogens is 493 g/mol. The van der Waals surface area contributed by atoms with Crippen LogP contribution in [-0.2, 0) is 17.9 Å². The zero-order chi connectivity index (χ0) is 26.4. The number of nitrogens with zero attached hydrogens (tertiary/aromatic N) is 2. The van der Waals surface area contributed by atoms with Gasteiger partial charge >= 0.3 is 0 Å². The Morgan fingerprint density at radius 3 is 2.57 bits per heavy atom. The number of aryl methyl sites for hydroxylation is 2. The van der Waals surface area contributed by atoms with Crippen molar-refractivity contribution in [3.63, 3.8) is 0 Å². The van der Waals surface area contributed by atoms with Crippen molar-refractivity contribution in [1.82, 2.24) is 9.78 Å². The van der Waals surface area contributed by atoms with Gasteiger partial charge in [0.1, 0.15) is 23.9 Å². The molecule has 1 amide bonds. The Balaban J connectivity index is 1.40. The summed E-state index contributed by atoms with van der Waals surface area (Å²) < 4.78 is 26.4. The van der Waals surface area contributed by atoms with Crippen LogP contribution < -0.4 is 14.8 Å². The van der Waals surface area contributed by atoms with E-state index in [2.05, 4.69) is 10.4 Å². The number of rotatable bonds is 9. The third kappa shape index (κ3) is 6.98. The number of hydrogen-bond acceptors (Lipinski definition) is 4. The summed E-state index contributed by atoms with van der Waals surface area (Å²) in [5.41, 5.74) is 4.40. The summed E-state index contributed by atoms with van der Waals surface area (Å²) in [6, 6.07) is 19.5. The predicted molar refractivity (Wildman–Crippen MR) is 144 cm³/mol. The van der Waals surface area contributed by atoms with Crippen LogP contribution in [0.5, 0.6) is 11.5 Å². The van der Waals surface area contributed by atoms with Crippen LogP contribution in [0, 0.1) is 19.7 Å². The van der Waals surface area contributed by atoms with Crippen molar-refractivity contribution in [2.24, 2.45) is 0 Å². The average molecular weight is 520 g/mol.